The van der Waals surface area contributed by atoms with E-state index in [0.717, 1.165) is 12.8 Å². The number of hydrogen-bond donors (Lipinski definition) is 0. The van der Waals surface area contributed by atoms with E-state index in [1.807, 2.05) is 0 Å². The fourth-order valence-corrected chi connectivity index (χ4v) is 4.84. The first-order chi connectivity index (χ1) is 15.2. The van der Waals surface area contributed by atoms with Crippen LogP contribution in [0.25, 0.3) is 34.4 Å². The maximum absolute atomic E-state index is 2.40. The third-order valence-electron chi connectivity index (χ3n) is 6.59. The number of fused-ring (bicyclic) bond motifs is 2. The molecule has 2 aliphatic carbocycles. The molecule has 0 heteroatoms. The molecule has 4 aromatic carbocycles. The van der Waals surface area contributed by atoms with Gasteiger partial charge in [0.15, 0.2) is 0 Å². The van der Waals surface area contributed by atoms with Gasteiger partial charge in [0.25, 0.3) is 0 Å². The second-order valence-corrected chi connectivity index (χ2v) is 8.76. The van der Waals surface area contributed by atoms with E-state index in [2.05, 4.69) is 110 Å². The molecule has 0 saturated carbocycles. The van der Waals surface area contributed by atoms with Crippen LogP contribution in [0.2, 0.25) is 0 Å². The number of benzene rings is 4. The summed E-state index contributed by atoms with van der Waals surface area (Å²) < 4.78 is 0. The zero-order valence-corrected chi connectivity index (χ0v) is 17.7. The first-order valence-electron chi connectivity index (χ1n) is 11.0. The molecule has 31 heavy (non-hydrogen) atoms. The molecular formula is C31H24. The van der Waals surface area contributed by atoms with Crippen LogP contribution < -0.4 is 0 Å². The van der Waals surface area contributed by atoms with Crippen LogP contribution in [0.4, 0.5) is 0 Å². The van der Waals surface area contributed by atoms with Crippen molar-refractivity contribution in [2.24, 2.45) is 0 Å². The second kappa shape index (κ2) is 7.25. The summed E-state index contributed by atoms with van der Waals surface area (Å²) in [4.78, 5) is 0. The average Bonchev–Trinajstić information content (AvgIpc) is 3.44. The van der Waals surface area contributed by atoms with E-state index in [-0.39, 0.29) is 0 Å². The third kappa shape index (κ3) is 3.35. The predicted molar refractivity (Wildman–Crippen MR) is 133 cm³/mol. The summed E-state index contributed by atoms with van der Waals surface area (Å²) in [6.45, 7) is 2.15. The Kier molecular flexibility index (Phi) is 4.25. The Morgan fingerprint density at radius 3 is 1.48 bits per heavy atom. The van der Waals surface area contributed by atoms with Gasteiger partial charge in [-0.2, -0.15) is 0 Å². The van der Waals surface area contributed by atoms with E-state index in [1.165, 1.54) is 61.2 Å². The third-order valence-corrected chi connectivity index (χ3v) is 6.59. The van der Waals surface area contributed by atoms with Crippen molar-refractivity contribution in [3.63, 3.8) is 0 Å². The lowest BCUT2D eigenvalue weighted by atomic mass is 9.92. The zero-order valence-electron chi connectivity index (χ0n) is 17.7. The van der Waals surface area contributed by atoms with E-state index < -0.39 is 0 Å². The highest BCUT2D eigenvalue weighted by atomic mass is 14.2. The Hall–Kier alpha value is -3.64. The Balaban J connectivity index is 1.47. The van der Waals surface area contributed by atoms with Crippen molar-refractivity contribution in [2.75, 3.05) is 0 Å². The maximum Gasteiger partial charge on any atom is -0.00137 e. The van der Waals surface area contributed by atoms with Crippen LogP contribution in [0.3, 0.4) is 0 Å². The molecule has 0 atom stereocenters. The van der Waals surface area contributed by atoms with E-state index in [1.54, 1.807) is 0 Å². The summed E-state index contributed by atoms with van der Waals surface area (Å²) in [5.74, 6) is 0. The van der Waals surface area contributed by atoms with Gasteiger partial charge in [0.1, 0.15) is 0 Å². The summed E-state index contributed by atoms with van der Waals surface area (Å²) in [7, 11) is 0. The molecular weight excluding hydrogens is 372 g/mol. The SMILES string of the molecule is Cc1ccc(-c2cc(C3=Cc4ccccc4C3)cc(C3=Cc4ccccc4C3)c2)cc1. The van der Waals surface area contributed by atoms with Gasteiger partial charge in [-0.1, -0.05) is 90.5 Å². The molecule has 0 aliphatic heterocycles. The number of allylic oxidation sites excluding steroid dienone is 2. The van der Waals surface area contributed by atoms with Crippen LogP contribution in [0.1, 0.15) is 38.9 Å². The molecule has 0 radical (unpaired) electrons. The first kappa shape index (κ1) is 18.2. The molecule has 0 aromatic heterocycles. The van der Waals surface area contributed by atoms with Crippen LogP contribution >= 0.6 is 0 Å². The molecule has 148 valence electrons. The standard InChI is InChI=1S/C31H24/c1-21-10-12-22(13-11-21)27-18-30(28-14-23-6-2-3-7-24(23)15-28)20-31(19-27)29-16-25-8-4-5-9-26(25)17-29/h2-14,16,18-20H,15,17H2,1H3. The molecule has 2 aliphatic rings. The topological polar surface area (TPSA) is 0 Å². The lowest BCUT2D eigenvalue weighted by molar-refractivity contribution is 1.30. The van der Waals surface area contributed by atoms with Gasteiger partial charge < -0.3 is 0 Å². The average molecular weight is 397 g/mol. The van der Waals surface area contributed by atoms with Gasteiger partial charge in [-0.3, -0.25) is 0 Å². The second-order valence-electron chi connectivity index (χ2n) is 8.76. The highest BCUT2D eigenvalue weighted by Gasteiger charge is 2.18. The molecule has 0 heterocycles. The van der Waals surface area contributed by atoms with Crippen molar-refractivity contribution < 1.29 is 0 Å². The van der Waals surface area contributed by atoms with Crippen molar-refractivity contribution in [3.05, 3.63) is 130 Å². The monoisotopic (exact) mass is 396 g/mol. The van der Waals surface area contributed by atoms with Gasteiger partial charge in [-0.15, -0.1) is 0 Å². The number of hydrogen-bond acceptors (Lipinski definition) is 0. The smallest absolute Gasteiger partial charge is 0.00137 e. The van der Waals surface area contributed by atoms with Crippen LogP contribution in [0.15, 0.2) is 91.0 Å². The van der Waals surface area contributed by atoms with Crippen LogP contribution in [0, 0.1) is 6.92 Å². The fourth-order valence-electron chi connectivity index (χ4n) is 4.84. The minimum absolute atomic E-state index is 1.01. The summed E-state index contributed by atoms with van der Waals surface area (Å²) in [6, 6.07) is 33.5. The van der Waals surface area contributed by atoms with Crippen LogP contribution in [-0.4, -0.2) is 0 Å². The van der Waals surface area contributed by atoms with Crippen molar-refractivity contribution in [1.82, 2.24) is 0 Å². The van der Waals surface area contributed by atoms with E-state index in [9.17, 15) is 0 Å². The molecule has 0 bridgehead atoms. The minimum Gasteiger partial charge on any atom is -0.0619 e. The van der Waals surface area contributed by atoms with E-state index >= 15 is 0 Å². The highest BCUT2D eigenvalue weighted by molar-refractivity contribution is 5.94. The molecule has 0 saturated heterocycles. The van der Waals surface area contributed by atoms with E-state index in [0.29, 0.717) is 0 Å². The minimum atomic E-state index is 1.01. The Bertz CT molecular complexity index is 1280. The summed E-state index contributed by atoms with van der Waals surface area (Å²) in [6.07, 6.45) is 6.74. The van der Waals surface area contributed by atoms with Crippen molar-refractivity contribution >= 4 is 23.3 Å². The van der Waals surface area contributed by atoms with Gasteiger partial charge in [0.05, 0.1) is 0 Å². The van der Waals surface area contributed by atoms with E-state index in [4.69, 9.17) is 0 Å². The van der Waals surface area contributed by atoms with Gasteiger partial charge >= 0.3 is 0 Å². The molecule has 0 nitrogen and oxygen atoms in total. The molecule has 4 aromatic rings. The zero-order chi connectivity index (χ0) is 20.8. The van der Waals surface area contributed by atoms with Crippen LogP contribution in [0.5, 0.6) is 0 Å². The lowest BCUT2D eigenvalue weighted by Crippen LogP contribution is -1.93. The molecule has 0 unspecified atom stereocenters. The highest BCUT2D eigenvalue weighted by Crippen LogP contribution is 2.38. The quantitative estimate of drug-likeness (QED) is 0.331. The van der Waals surface area contributed by atoms with Gasteiger partial charge in [0, 0.05) is 0 Å². The molecule has 0 amide bonds. The first-order valence-corrected chi connectivity index (χ1v) is 11.0. The summed E-state index contributed by atoms with van der Waals surface area (Å²) in [5, 5.41) is 0. The lowest BCUT2D eigenvalue weighted by Gasteiger charge is -2.13. The van der Waals surface area contributed by atoms with Gasteiger partial charge in [-0.05, 0) is 93.6 Å². The Labute approximate surface area is 184 Å². The Morgan fingerprint density at radius 1 is 0.484 bits per heavy atom. The van der Waals surface area contributed by atoms with Crippen molar-refractivity contribution in [2.45, 2.75) is 19.8 Å². The summed E-state index contributed by atoms with van der Waals surface area (Å²) in [5.41, 5.74) is 14.9. The number of aryl methyl sites for hydroxylation is 1. The molecule has 0 fully saturated rings. The molecule has 0 N–H and O–H groups in total. The van der Waals surface area contributed by atoms with Gasteiger partial charge in [-0.25, -0.2) is 0 Å². The maximum atomic E-state index is 2.40. The normalized spacial score (nSPS) is 14.1. The van der Waals surface area contributed by atoms with Gasteiger partial charge in [0.2, 0.25) is 0 Å². The largest absolute Gasteiger partial charge is 0.0619 e. The number of rotatable bonds is 3. The van der Waals surface area contributed by atoms with Crippen molar-refractivity contribution in [3.8, 4) is 11.1 Å². The predicted octanol–water partition coefficient (Wildman–Crippen LogP) is 7.86. The summed E-state index contributed by atoms with van der Waals surface area (Å²) >= 11 is 0. The molecule has 0 spiro atoms. The Morgan fingerprint density at radius 2 is 0.968 bits per heavy atom. The van der Waals surface area contributed by atoms with Crippen molar-refractivity contribution in [1.29, 1.82) is 0 Å². The fraction of sp³-hybridized carbons (Fsp3) is 0.0968. The molecule has 6 rings (SSSR count). The van der Waals surface area contributed by atoms with Crippen LogP contribution in [-0.2, 0) is 12.8 Å².